The molecule has 1 atom stereocenters. The summed E-state index contributed by atoms with van der Waals surface area (Å²) in [6.07, 6.45) is 4.97. The van der Waals surface area contributed by atoms with Crippen molar-refractivity contribution in [1.82, 2.24) is 9.97 Å². The van der Waals surface area contributed by atoms with Gasteiger partial charge in [-0.1, -0.05) is 26.7 Å². The second-order valence-electron chi connectivity index (χ2n) is 5.59. The average molecular weight is 250 g/mol. The van der Waals surface area contributed by atoms with Crippen molar-refractivity contribution in [1.29, 1.82) is 0 Å². The zero-order valence-electron chi connectivity index (χ0n) is 11.4. The molecule has 1 aromatic heterocycles. The van der Waals surface area contributed by atoms with E-state index in [1.807, 2.05) is 0 Å². The summed E-state index contributed by atoms with van der Waals surface area (Å²) in [4.78, 5) is 8.20. The molecule has 100 valence electrons. The molecule has 1 saturated carbocycles. The molecule has 1 heterocycles. The molecule has 0 radical (unpaired) electrons. The highest BCUT2D eigenvalue weighted by atomic mass is 16.5. The summed E-state index contributed by atoms with van der Waals surface area (Å²) in [5.74, 6) is 1.49. The summed E-state index contributed by atoms with van der Waals surface area (Å²) in [5.41, 5.74) is 5.95. The fraction of sp³-hybridized carbons (Fsp3) is 0.692. The number of aromatic nitrogens is 2. The monoisotopic (exact) mass is 250 g/mol. The first kappa shape index (κ1) is 12.9. The van der Waals surface area contributed by atoms with Gasteiger partial charge in [-0.2, -0.15) is 9.97 Å². The summed E-state index contributed by atoms with van der Waals surface area (Å²) < 4.78 is 5.11. The molecule has 1 aliphatic carbocycles. The maximum atomic E-state index is 5.67. The van der Waals surface area contributed by atoms with Gasteiger partial charge < -0.3 is 15.8 Å². The predicted molar refractivity (Wildman–Crippen MR) is 72.7 cm³/mol. The quantitative estimate of drug-likeness (QED) is 0.862. The topological polar surface area (TPSA) is 73.1 Å². The van der Waals surface area contributed by atoms with Crippen LogP contribution in [-0.2, 0) is 0 Å². The number of rotatable bonds is 3. The third-order valence-corrected chi connectivity index (χ3v) is 3.76. The van der Waals surface area contributed by atoms with Gasteiger partial charge in [0.2, 0.25) is 11.8 Å². The molecule has 1 unspecified atom stereocenters. The summed E-state index contributed by atoms with van der Waals surface area (Å²) in [6.45, 7) is 4.59. The first-order valence-corrected chi connectivity index (χ1v) is 6.46. The van der Waals surface area contributed by atoms with E-state index in [0.717, 1.165) is 5.82 Å². The molecule has 0 aromatic carbocycles. The van der Waals surface area contributed by atoms with Crippen molar-refractivity contribution in [2.75, 3.05) is 18.2 Å². The van der Waals surface area contributed by atoms with Gasteiger partial charge in [0, 0.05) is 12.1 Å². The van der Waals surface area contributed by atoms with Crippen LogP contribution >= 0.6 is 0 Å². The standard InChI is InChI=1S/C13H22N4O/c1-13(2)7-5-4-6-9(13)15-10-8-11(18-3)17-12(14)16-10/h8-9H,4-7H2,1-3H3,(H3,14,15,16,17). The van der Waals surface area contributed by atoms with E-state index in [9.17, 15) is 0 Å². The van der Waals surface area contributed by atoms with Gasteiger partial charge in [0.1, 0.15) is 5.82 Å². The van der Waals surface area contributed by atoms with Gasteiger partial charge in [-0.15, -0.1) is 0 Å². The smallest absolute Gasteiger partial charge is 0.225 e. The number of nitrogens with two attached hydrogens (primary N) is 1. The number of hydrogen-bond acceptors (Lipinski definition) is 5. The molecule has 1 aliphatic rings. The van der Waals surface area contributed by atoms with Crippen LogP contribution in [0.3, 0.4) is 0 Å². The number of nitrogen functional groups attached to an aromatic ring is 1. The third-order valence-electron chi connectivity index (χ3n) is 3.76. The molecule has 0 saturated heterocycles. The van der Waals surface area contributed by atoms with Gasteiger partial charge in [-0.25, -0.2) is 0 Å². The second kappa shape index (κ2) is 5.00. The molecule has 3 N–H and O–H groups in total. The first-order chi connectivity index (χ1) is 8.51. The van der Waals surface area contributed by atoms with Gasteiger partial charge in [0.15, 0.2) is 0 Å². The molecule has 0 aliphatic heterocycles. The molecular weight excluding hydrogens is 228 g/mol. The Morgan fingerprint density at radius 3 is 2.83 bits per heavy atom. The highest BCUT2D eigenvalue weighted by Crippen LogP contribution is 2.37. The lowest BCUT2D eigenvalue weighted by atomic mass is 9.73. The minimum Gasteiger partial charge on any atom is -0.481 e. The van der Waals surface area contributed by atoms with Crippen LogP contribution in [0.1, 0.15) is 39.5 Å². The summed E-state index contributed by atoms with van der Waals surface area (Å²) in [5, 5.41) is 3.48. The Morgan fingerprint density at radius 1 is 1.39 bits per heavy atom. The van der Waals surface area contributed by atoms with Crippen LogP contribution in [0, 0.1) is 5.41 Å². The highest BCUT2D eigenvalue weighted by Gasteiger charge is 2.32. The van der Waals surface area contributed by atoms with Crippen LogP contribution in [0.2, 0.25) is 0 Å². The van der Waals surface area contributed by atoms with Gasteiger partial charge in [-0.05, 0) is 18.3 Å². The van der Waals surface area contributed by atoms with Crippen LogP contribution < -0.4 is 15.8 Å². The lowest BCUT2D eigenvalue weighted by Crippen LogP contribution is -2.39. The van der Waals surface area contributed by atoms with Crippen molar-refractivity contribution in [3.63, 3.8) is 0 Å². The van der Waals surface area contributed by atoms with E-state index in [2.05, 4.69) is 29.1 Å². The SMILES string of the molecule is COc1cc(NC2CCCCC2(C)C)nc(N)n1. The van der Waals surface area contributed by atoms with Crippen molar-refractivity contribution >= 4 is 11.8 Å². The summed E-state index contributed by atoms with van der Waals surface area (Å²) in [7, 11) is 1.58. The van der Waals surface area contributed by atoms with E-state index < -0.39 is 0 Å². The molecule has 1 fully saturated rings. The Kier molecular flexibility index (Phi) is 3.59. The van der Waals surface area contributed by atoms with E-state index >= 15 is 0 Å². The zero-order valence-corrected chi connectivity index (χ0v) is 11.4. The van der Waals surface area contributed by atoms with Crippen molar-refractivity contribution in [3.05, 3.63) is 6.07 Å². The van der Waals surface area contributed by atoms with Crippen molar-refractivity contribution in [2.45, 2.75) is 45.6 Å². The van der Waals surface area contributed by atoms with Crippen molar-refractivity contribution in [3.8, 4) is 5.88 Å². The molecular formula is C13H22N4O. The Labute approximate surface area is 108 Å². The number of ether oxygens (including phenoxy) is 1. The van der Waals surface area contributed by atoms with Gasteiger partial charge in [0.25, 0.3) is 0 Å². The number of nitrogens with zero attached hydrogens (tertiary/aromatic N) is 2. The van der Waals surface area contributed by atoms with E-state index in [0.29, 0.717) is 11.9 Å². The average Bonchev–Trinajstić information content (AvgIpc) is 2.31. The fourth-order valence-electron chi connectivity index (χ4n) is 2.56. The molecule has 0 amide bonds. The van der Waals surface area contributed by atoms with E-state index in [-0.39, 0.29) is 11.4 Å². The molecule has 0 spiro atoms. The lowest BCUT2D eigenvalue weighted by molar-refractivity contribution is 0.216. The highest BCUT2D eigenvalue weighted by molar-refractivity contribution is 5.44. The molecule has 2 rings (SSSR count). The third kappa shape index (κ3) is 2.83. The number of hydrogen-bond donors (Lipinski definition) is 2. The lowest BCUT2D eigenvalue weighted by Gasteiger charge is -2.39. The maximum absolute atomic E-state index is 5.67. The molecule has 5 nitrogen and oxygen atoms in total. The fourth-order valence-corrected chi connectivity index (χ4v) is 2.56. The molecule has 18 heavy (non-hydrogen) atoms. The minimum atomic E-state index is 0.241. The largest absolute Gasteiger partial charge is 0.481 e. The normalized spacial score (nSPS) is 22.5. The number of methoxy groups -OCH3 is 1. The van der Waals surface area contributed by atoms with Crippen LogP contribution in [0.15, 0.2) is 6.07 Å². The summed E-state index contributed by atoms with van der Waals surface area (Å²) >= 11 is 0. The van der Waals surface area contributed by atoms with Gasteiger partial charge >= 0.3 is 0 Å². The maximum Gasteiger partial charge on any atom is 0.225 e. The first-order valence-electron chi connectivity index (χ1n) is 6.46. The number of anilines is 2. The van der Waals surface area contributed by atoms with Crippen LogP contribution in [0.4, 0.5) is 11.8 Å². The van der Waals surface area contributed by atoms with E-state index in [1.165, 1.54) is 25.7 Å². The predicted octanol–water partition coefficient (Wildman–Crippen LogP) is 2.45. The Bertz CT molecular complexity index is 419. The van der Waals surface area contributed by atoms with E-state index in [1.54, 1.807) is 13.2 Å². The van der Waals surface area contributed by atoms with Crippen LogP contribution in [-0.4, -0.2) is 23.1 Å². The van der Waals surface area contributed by atoms with Gasteiger partial charge in [-0.3, -0.25) is 0 Å². The number of nitrogens with one attached hydrogen (secondary N) is 1. The Hall–Kier alpha value is -1.52. The summed E-state index contributed by atoms with van der Waals surface area (Å²) in [6, 6.07) is 2.21. The minimum absolute atomic E-state index is 0.241. The van der Waals surface area contributed by atoms with Crippen LogP contribution in [0.5, 0.6) is 5.88 Å². The second-order valence-corrected chi connectivity index (χ2v) is 5.59. The molecule has 0 bridgehead atoms. The van der Waals surface area contributed by atoms with Crippen molar-refractivity contribution in [2.24, 2.45) is 5.41 Å². The zero-order chi connectivity index (χ0) is 13.2. The Balaban J connectivity index is 2.15. The Morgan fingerprint density at radius 2 is 2.17 bits per heavy atom. The van der Waals surface area contributed by atoms with E-state index in [4.69, 9.17) is 10.5 Å². The van der Waals surface area contributed by atoms with Gasteiger partial charge in [0.05, 0.1) is 7.11 Å². The van der Waals surface area contributed by atoms with Crippen LogP contribution in [0.25, 0.3) is 0 Å². The molecule has 1 aromatic rings. The van der Waals surface area contributed by atoms with Crippen molar-refractivity contribution < 1.29 is 4.74 Å². The molecule has 5 heteroatoms.